The first kappa shape index (κ1) is 28.9. The number of imidazole rings is 1. The number of aromatic amines is 1. The fraction of sp³-hybridized carbons (Fsp3) is 0.391. The summed E-state index contributed by atoms with van der Waals surface area (Å²) in [5.74, 6) is -4.44. The Morgan fingerprint density at radius 3 is 2.11 bits per heavy atom. The van der Waals surface area contributed by atoms with Crippen LogP contribution in [0.2, 0.25) is 0 Å². The minimum absolute atomic E-state index is 0.0181. The van der Waals surface area contributed by atoms with Crippen molar-refractivity contribution in [2.24, 2.45) is 11.5 Å². The number of nitrogens with zero attached hydrogens (tertiary/aromatic N) is 1. The van der Waals surface area contributed by atoms with Crippen molar-refractivity contribution >= 4 is 29.6 Å². The summed E-state index contributed by atoms with van der Waals surface area (Å²) in [7, 11) is 0. The average molecular weight is 518 g/mol. The standard InChI is InChI=1S/C23H31N7O7/c24-15(6-7-19(25)32)20(33)28-16(9-14-10-26-12-27-14)21(34)30-18(11-31)22(35)29-17(23(36)37)8-13-4-2-1-3-5-13/h1-5,10,12,15-18,31H,6-9,11,24H2,(H2,25,32)(H,26,27)(H,28,33)(H,29,35)(H,30,34)(H,36,37). The van der Waals surface area contributed by atoms with Crippen LogP contribution >= 0.6 is 0 Å². The van der Waals surface area contributed by atoms with Gasteiger partial charge in [-0.2, -0.15) is 0 Å². The lowest BCUT2D eigenvalue weighted by Crippen LogP contribution is -2.58. The second kappa shape index (κ2) is 14.3. The maximum atomic E-state index is 13.0. The summed E-state index contributed by atoms with van der Waals surface area (Å²) in [5, 5.41) is 26.3. The van der Waals surface area contributed by atoms with Gasteiger partial charge in [0.15, 0.2) is 0 Å². The highest BCUT2D eigenvalue weighted by molar-refractivity contribution is 5.94. The van der Waals surface area contributed by atoms with E-state index in [1.54, 1.807) is 30.3 Å². The van der Waals surface area contributed by atoms with Gasteiger partial charge in [-0.25, -0.2) is 9.78 Å². The van der Waals surface area contributed by atoms with E-state index in [2.05, 4.69) is 25.9 Å². The van der Waals surface area contributed by atoms with Crippen molar-refractivity contribution in [3.05, 3.63) is 54.1 Å². The number of carboxylic acids is 1. The third kappa shape index (κ3) is 9.70. The number of aliphatic hydroxyl groups is 1. The number of aliphatic carboxylic acids is 1. The number of hydrogen-bond acceptors (Lipinski definition) is 8. The molecule has 0 fully saturated rings. The Morgan fingerprint density at radius 1 is 0.919 bits per heavy atom. The van der Waals surface area contributed by atoms with Crippen LogP contribution in [0.3, 0.4) is 0 Å². The molecule has 4 atom stereocenters. The zero-order valence-corrected chi connectivity index (χ0v) is 19.9. The molecule has 200 valence electrons. The van der Waals surface area contributed by atoms with E-state index in [0.717, 1.165) is 0 Å². The molecular weight excluding hydrogens is 486 g/mol. The highest BCUT2D eigenvalue weighted by atomic mass is 16.4. The van der Waals surface area contributed by atoms with Crippen LogP contribution < -0.4 is 27.4 Å². The van der Waals surface area contributed by atoms with Crippen molar-refractivity contribution in [3.8, 4) is 0 Å². The predicted molar refractivity (Wildman–Crippen MR) is 129 cm³/mol. The molecule has 14 heteroatoms. The van der Waals surface area contributed by atoms with Crippen molar-refractivity contribution in [2.45, 2.75) is 49.9 Å². The molecule has 0 aliphatic carbocycles. The van der Waals surface area contributed by atoms with E-state index in [4.69, 9.17) is 11.5 Å². The average Bonchev–Trinajstić information content (AvgIpc) is 3.38. The van der Waals surface area contributed by atoms with Gasteiger partial charge in [0.05, 0.1) is 19.0 Å². The maximum absolute atomic E-state index is 13.0. The molecule has 0 spiro atoms. The molecule has 0 aliphatic heterocycles. The molecule has 10 N–H and O–H groups in total. The van der Waals surface area contributed by atoms with Gasteiger partial charge in [-0.1, -0.05) is 30.3 Å². The van der Waals surface area contributed by atoms with Gasteiger partial charge in [0.2, 0.25) is 23.6 Å². The van der Waals surface area contributed by atoms with E-state index in [9.17, 15) is 34.2 Å². The van der Waals surface area contributed by atoms with Gasteiger partial charge < -0.3 is 42.6 Å². The van der Waals surface area contributed by atoms with Crippen LogP contribution in [0.25, 0.3) is 0 Å². The lowest BCUT2D eigenvalue weighted by molar-refractivity contribution is -0.142. The second-order valence-corrected chi connectivity index (χ2v) is 8.29. The Hall–Kier alpha value is -4.30. The zero-order chi connectivity index (χ0) is 27.4. The first-order valence-corrected chi connectivity index (χ1v) is 11.4. The lowest BCUT2D eigenvalue weighted by Gasteiger charge is -2.24. The van der Waals surface area contributed by atoms with Crippen LogP contribution in [0.4, 0.5) is 0 Å². The van der Waals surface area contributed by atoms with Crippen molar-refractivity contribution in [2.75, 3.05) is 6.61 Å². The molecule has 1 aromatic carbocycles. The molecule has 0 radical (unpaired) electrons. The molecule has 37 heavy (non-hydrogen) atoms. The summed E-state index contributed by atoms with van der Waals surface area (Å²) >= 11 is 0. The number of aliphatic hydroxyl groups excluding tert-OH is 1. The van der Waals surface area contributed by atoms with Gasteiger partial charge in [-0.3, -0.25) is 19.2 Å². The van der Waals surface area contributed by atoms with Crippen molar-refractivity contribution in [1.29, 1.82) is 0 Å². The largest absolute Gasteiger partial charge is 0.480 e. The molecule has 1 heterocycles. The summed E-state index contributed by atoms with van der Waals surface area (Å²) in [6.45, 7) is -0.835. The summed E-state index contributed by atoms with van der Waals surface area (Å²) in [4.78, 5) is 67.5. The Morgan fingerprint density at radius 2 is 1.54 bits per heavy atom. The fourth-order valence-corrected chi connectivity index (χ4v) is 3.32. The minimum Gasteiger partial charge on any atom is -0.480 e. The van der Waals surface area contributed by atoms with Crippen LogP contribution in [-0.4, -0.2) is 80.6 Å². The number of primary amides is 1. The number of amides is 4. The van der Waals surface area contributed by atoms with Crippen LogP contribution in [0.1, 0.15) is 24.1 Å². The van der Waals surface area contributed by atoms with E-state index >= 15 is 0 Å². The van der Waals surface area contributed by atoms with Gasteiger partial charge >= 0.3 is 5.97 Å². The Balaban J connectivity index is 2.08. The Kier molecular flexibility index (Phi) is 11.2. The number of benzene rings is 1. The molecule has 1 aromatic heterocycles. The first-order valence-electron chi connectivity index (χ1n) is 11.4. The van der Waals surface area contributed by atoms with E-state index < -0.39 is 60.4 Å². The number of H-pyrrole nitrogens is 1. The lowest BCUT2D eigenvalue weighted by atomic mass is 10.1. The number of aromatic nitrogens is 2. The minimum atomic E-state index is -1.50. The molecule has 2 aromatic rings. The number of carboxylic acid groups (broad SMARTS) is 1. The number of carbonyl (C=O) groups is 5. The maximum Gasteiger partial charge on any atom is 0.326 e. The first-order chi connectivity index (χ1) is 17.6. The SMILES string of the molecule is NC(=O)CCC(N)C(=O)NC(Cc1cnc[nH]1)C(=O)NC(CO)C(=O)NC(Cc1ccccc1)C(=O)O. The van der Waals surface area contributed by atoms with Crippen LogP contribution in [0.15, 0.2) is 42.9 Å². The molecule has 4 amide bonds. The second-order valence-electron chi connectivity index (χ2n) is 8.29. The number of carbonyl (C=O) groups excluding carboxylic acids is 4. The van der Waals surface area contributed by atoms with E-state index in [0.29, 0.717) is 11.3 Å². The third-order valence-electron chi connectivity index (χ3n) is 5.36. The van der Waals surface area contributed by atoms with Crippen LogP contribution in [0.5, 0.6) is 0 Å². The Labute approximate surface area is 212 Å². The smallest absolute Gasteiger partial charge is 0.326 e. The molecule has 4 unspecified atom stereocenters. The van der Waals surface area contributed by atoms with E-state index in [1.165, 1.54) is 12.5 Å². The quantitative estimate of drug-likeness (QED) is 0.122. The summed E-state index contributed by atoms with van der Waals surface area (Å²) in [5.41, 5.74) is 12.0. The highest BCUT2D eigenvalue weighted by Gasteiger charge is 2.30. The molecule has 14 nitrogen and oxygen atoms in total. The van der Waals surface area contributed by atoms with Gasteiger partial charge in [0.25, 0.3) is 0 Å². The van der Waals surface area contributed by atoms with E-state index in [1.807, 2.05) is 0 Å². The number of nitrogens with two attached hydrogens (primary N) is 2. The fourth-order valence-electron chi connectivity index (χ4n) is 3.32. The summed E-state index contributed by atoms with van der Waals surface area (Å²) < 4.78 is 0. The molecule has 0 saturated heterocycles. The number of nitrogens with one attached hydrogen (secondary N) is 4. The van der Waals surface area contributed by atoms with Gasteiger partial charge in [0, 0.05) is 31.2 Å². The molecule has 0 saturated carbocycles. The van der Waals surface area contributed by atoms with Crippen molar-refractivity contribution in [1.82, 2.24) is 25.9 Å². The molecule has 2 rings (SSSR count). The highest BCUT2D eigenvalue weighted by Crippen LogP contribution is 2.05. The molecule has 0 bridgehead atoms. The summed E-state index contributed by atoms with van der Waals surface area (Å²) in [6.07, 6.45) is 2.54. The van der Waals surface area contributed by atoms with Crippen molar-refractivity contribution < 1.29 is 34.2 Å². The normalized spacial score (nSPS) is 14.0. The number of rotatable bonds is 15. The van der Waals surface area contributed by atoms with Crippen LogP contribution in [0, 0.1) is 0 Å². The van der Waals surface area contributed by atoms with E-state index in [-0.39, 0.29) is 25.7 Å². The van der Waals surface area contributed by atoms with Crippen LogP contribution in [-0.2, 0) is 36.8 Å². The summed E-state index contributed by atoms with van der Waals surface area (Å²) in [6, 6.07) is 3.41. The van der Waals surface area contributed by atoms with Crippen molar-refractivity contribution in [3.63, 3.8) is 0 Å². The van der Waals surface area contributed by atoms with Gasteiger partial charge in [-0.05, 0) is 12.0 Å². The monoisotopic (exact) mass is 517 g/mol. The topological polar surface area (TPSA) is 243 Å². The van der Waals surface area contributed by atoms with Gasteiger partial charge in [-0.15, -0.1) is 0 Å². The number of hydrogen-bond donors (Lipinski definition) is 8. The predicted octanol–water partition coefficient (Wildman–Crippen LogP) is -2.68. The Bertz CT molecular complexity index is 1060. The third-order valence-corrected chi connectivity index (χ3v) is 5.36. The molecule has 0 aliphatic rings. The van der Waals surface area contributed by atoms with Gasteiger partial charge in [0.1, 0.15) is 18.1 Å². The molecular formula is C23H31N7O7. The zero-order valence-electron chi connectivity index (χ0n) is 19.9.